The van der Waals surface area contributed by atoms with Crippen LogP contribution in [0.3, 0.4) is 0 Å². The number of ether oxygens (including phenoxy) is 1. The highest BCUT2D eigenvalue weighted by atomic mass is 35.5. The van der Waals surface area contributed by atoms with Gasteiger partial charge in [0.1, 0.15) is 11.8 Å². The van der Waals surface area contributed by atoms with Gasteiger partial charge in [-0.3, -0.25) is 4.90 Å². The first-order chi connectivity index (χ1) is 15.1. The molecule has 4 rings (SSSR count). The third-order valence-electron chi connectivity index (χ3n) is 5.42. The van der Waals surface area contributed by atoms with Crippen LogP contribution in [0.15, 0.2) is 58.3 Å². The zero-order valence-electron chi connectivity index (χ0n) is 17.3. The first-order valence-electron chi connectivity index (χ1n) is 10.3. The van der Waals surface area contributed by atoms with Crippen molar-refractivity contribution in [2.45, 2.75) is 13.0 Å². The maximum atomic E-state index is 12.8. The second kappa shape index (κ2) is 9.45. The van der Waals surface area contributed by atoms with Gasteiger partial charge in [0.15, 0.2) is 0 Å². The number of rotatable bonds is 6. The summed E-state index contributed by atoms with van der Waals surface area (Å²) in [4.78, 5) is 29.6. The van der Waals surface area contributed by atoms with Crippen LogP contribution >= 0.6 is 11.6 Å². The SMILES string of the molecule is CCOC(=O)C1=C(CN2CCN(c3ccccc3Cl)CC2)NC(=O)N[C@@H]1c1ccco1. The highest BCUT2D eigenvalue weighted by Crippen LogP contribution is 2.29. The number of amides is 2. The Balaban J connectivity index is 1.53. The number of nitrogens with zero attached hydrogens (tertiary/aromatic N) is 2. The summed E-state index contributed by atoms with van der Waals surface area (Å²) in [5, 5.41) is 6.31. The topological polar surface area (TPSA) is 87.0 Å². The molecule has 2 aliphatic heterocycles. The monoisotopic (exact) mass is 444 g/mol. The average Bonchev–Trinajstić information content (AvgIpc) is 3.29. The molecule has 1 atom stereocenters. The molecule has 0 radical (unpaired) electrons. The minimum Gasteiger partial charge on any atom is -0.467 e. The Morgan fingerprint density at radius 3 is 2.65 bits per heavy atom. The van der Waals surface area contributed by atoms with Crippen LogP contribution < -0.4 is 15.5 Å². The summed E-state index contributed by atoms with van der Waals surface area (Å²) in [7, 11) is 0. The molecule has 31 heavy (non-hydrogen) atoms. The van der Waals surface area contributed by atoms with Gasteiger partial charge in [0.05, 0.1) is 29.2 Å². The molecule has 0 bridgehead atoms. The van der Waals surface area contributed by atoms with Gasteiger partial charge in [-0.05, 0) is 31.2 Å². The van der Waals surface area contributed by atoms with E-state index in [2.05, 4.69) is 20.4 Å². The lowest BCUT2D eigenvalue weighted by Gasteiger charge is -2.38. The number of benzene rings is 1. The molecule has 0 unspecified atom stereocenters. The van der Waals surface area contributed by atoms with E-state index < -0.39 is 12.0 Å². The number of carbonyl (C=O) groups excluding carboxylic acids is 2. The number of hydrogen-bond donors (Lipinski definition) is 2. The van der Waals surface area contributed by atoms with Crippen LogP contribution in [-0.2, 0) is 9.53 Å². The first kappa shape index (κ1) is 21.3. The molecule has 0 aliphatic carbocycles. The number of esters is 1. The van der Waals surface area contributed by atoms with Crippen LogP contribution in [0.4, 0.5) is 10.5 Å². The highest BCUT2D eigenvalue weighted by molar-refractivity contribution is 6.33. The normalized spacial score (nSPS) is 19.7. The molecule has 2 N–H and O–H groups in total. The Morgan fingerprint density at radius 2 is 1.97 bits per heavy atom. The minimum atomic E-state index is -0.692. The smallest absolute Gasteiger partial charge is 0.338 e. The van der Waals surface area contributed by atoms with Gasteiger partial charge in [-0.1, -0.05) is 23.7 Å². The maximum absolute atomic E-state index is 12.8. The largest absolute Gasteiger partial charge is 0.467 e. The number of piperazine rings is 1. The van der Waals surface area contributed by atoms with Crippen LogP contribution in [0.25, 0.3) is 0 Å². The maximum Gasteiger partial charge on any atom is 0.338 e. The molecule has 1 saturated heterocycles. The van der Waals surface area contributed by atoms with E-state index in [1.807, 2.05) is 24.3 Å². The van der Waals surface area contributed by atoms with Crippen LogP contribution in [0.5, 0.6) is 0 Å². The predicted octanol–water partition coefficient (Wildman–Crippen LogP) is 2.93. The standard InChI is InChI=1S/C22H25ClN4O4/c1-2-30-21(28)19-16(24-22(29)25-20(19)18-8-5-13-31-18)14-26-9-11-27(12-10-26)17-7-4-3-6-15(17)23/h3-8,13,20H,2,9-12,14H2,1H3,(H2,24,25,29)/t20-/m1/s1. The number of halogens is 1. The molecule has 3 heterocycles. The first-order valence-corrected chi connectivity index (χ1v) is 10.7. The fraction of sp³-hybridized carbons (Fsp3) is 0.364. The minimum absolute atomic E-state index is 0.241. The van der Waals surface area contributed by atoms with Gasteiger partial charge in [-0.25, -0.2) is 9.59 Å². The summed E-state index contributed by atoms with van der Waals surface area (Å²) in [5.74, 6) is 0.0139. The molecule has 1 aromatic heterocycles. The average molecular weight is 445 g/mol. The van der Waals surface area contributed by atoms with Gasteiger partial charge in [0.25, 0.3) is 0 Å². The molecule has 2 aliphatic rings. The Bertz CT molecular complexity index is 968. The van der Waals surface area contributed by atoms with Gasteiger partial charge in [0, 0.05) is 38.4 Å². The molecule has 2 amide bonds. The summed E-state index contributed by atoms with van der Waals surface area (Å²) in [6, 6.07) is 10.2. The fourth-order valence-corrected chi connectivity index (χ4v) is 4.20. The fourth-order valence-electron chi connectivity index (χ4n) is 3.94. The molecule has 8 nitrogen and oxygen atoms in total. The zero-order chi connectivity index (χ0) is 21.8. The molecule has 2 aromatic rings. The molecule has 1 fully saturated rings. The van der Waals surface area contributed by atoms with Gasteiger partial charge in [-0.15, -0.1) is 0 Å². The number of urea groups is 1. The molecular formula is C22H25ClN4O4. The quantitative estimate of drug-likeness (QED) is 0.666. The van der Waals surface area contributed by atoms with E-state index in [9.17, 15) is 9.59 Å². The lowest BCUT2D eigenvalue weighted by Crippen LogP contribution is -2.51. The van der Waals surface area contributed by atoms with Crippen molar-refractivity contribution in [2.75, 3.05) is 44.2 Å². The summed E-state index contributed by atoms with van der Waals surface area (Å²) in [5.41, 5.74) is 1.92. The van der Waals surface area contributed by atoms with Crippen molar-refractivity contribution in [3.05, 3.63) is 64.7 Å². The van der Waals surface area contributed by atoms with E-state index in [1.165, 1.54) is 6.26 Å². The van der Waals surface area contributed by atoms with Crippen molar-refractivity contribution < 1.29 is 18.7 Å². The number of furan rings is 1. The lowest BCUT2D eigenvalue weighted by atomic mass is 9.99. The predicted molar refractivity (Wildman–Crippen MR) is 117 cm³/mol. The second-order valence-corrected chi connectivity index (χ2v) is 7.78. The Morgan fingerprint density at radius 1 is 1.19 bits per heavy atom. The molecule has 9 heteroatoms. The summed E-state index contributed by atoms with van der Waals surface area (Å²) in [6.45, 7) is 5.53. The van der Waals surface area contributed by atoms with Crippen molar-refractivity contribution in [1.29, 1.82) is 0 Å². The van der Waals surface area contributed by atoms with Crippen LogP contribution in [-0.4, -0.2) is 56.2 Å². The number of anilines is 1. The third-order valence-corrected chi connectivity index (χ3v) is 5.74. The summed E-state index contributed by atoms with van der Waals surface area (Å²) < 4.78 is 10.8. The summed E-state index contributed by atoms with van der Waals surface area (Å²) >= 11 is 6.34. The Kier molecular flexibility index (Phi) is 6.48. The van der Waals surface area contributed by atoms with E-state index in [4.69, 9.17) is 20.8 Å². The van der Waals surface area contributed by atoms with Gasteiger partial charge < -0.3 is 24.7 Å². The van der Waals surface area contributed by atoms with E-state index in [0.717, 1.165) is 36.9 Å². The van der Waals surface area contributed by atoms with E-state index in [0.29, 0.717) is 23.6 Å². The van der Waals surface area contributed by atoms with Crippen molar-refractivity contribution in [2.24, 2.45) is 0 Å². The van der Waals surface area contributed by atoms with E-state index >= 15 is 0 Å². The molecular weight excluding hydrogens is 420 g/mol. The van der Waals surface area contributed by atoms with Crippen molar-refractivity contribution in [3.63, 3.8) is 0 Å². The molecule has 1 aromatic carbocycles. The third kappa shape index (κ3) is 4.70. The molecule has 0 saturated carbocycles. The lowest BCUT2D eigenvalue weighted by molar-refractivity contribution is -0.139. The van der Waals surface area contributed by atoms with Crippen molar-refractivity contribution >= 4 is 29.3 Å². The number of nitrogens with one attached hydrogen (secondary N) is 2. The van der Waals surface area contributed by atoms with Crippen LogP contribution in [0.1, 0.15) is 18.7 Å². The number of carbonyl (C=O) groups is 2. The Hall–Kier alpha value is -2.97. The van der Waals surface area contributed by atoms with Crippen molar-refractivity contribution in [3.8, 4) is 0 Å². The summed E-state index contributed by atoms with van der Waals surface area (Å²) in [6.07, 6.45) is 1.51. The Labute approximate surface area is 185 Å². The number of para-hydroxylation sites is 1. The van der Waals surface area contributed by atoms with Gasteiger partial charge >= 0.3 is 12.0 Å². The molecule has 164 valence electrons. The number of hydrogen-bond acceptors (Lipinski definition) is 6. The van der Waals surface area contributed by atoms with Gasteiger partial charge in [0.2, 0.25) is 0 Å². The highest BCUT2D eigenvalue weighted by Gasteiger charge is 2.36. The van der Waals surface area contributed by atoms with E-state index in [1.54, 1.807) is 19.1 Å². The van der Waals surface area contributed by atoms with Gasteiger partial charge in [-0.2, -0.15) is 0 Å². The molecule has 0 spiro atoms. The second-order valence-electron chi connectivity index (χ2n) is 7.37. The van der Waals surface area contributed by atoms with E-state index in [-0.39, 0.29) is 12.6 Å². The zero-order valence-corrected chi connectivity index (χ0v) is 18.0. The van der Waals surface area contributed by atoms with Crippen LogP contribution in [0.2, 0.25) is 5.02 Å². The van der Waals surface area contributed by atoms with Crippen molar-refractivity contribution in [1.82, 2.24) is 15.5 Å². The van der Waals surface area contributed by atoms with Crippen LogP contribution in [0, 0.1) is 0 Å².